The van der Waals surface area contributed by atoms with Gasteiger partial charge in [-0.05, 0) is 24.3 Å². The van der Waals surface area contributed by atoms with E-state index in [1.165, 1.54) is 36.4 Å². The number of benzene rings is 2. The van der Waals surface area contributed by atoms with Crippen LogP contribution < -0.4 is 20.3 Å². The third-order valence-electron chi connectivity index (χ3n) is 3.01. The van der Waals surface area contributed by atoms with Gasteiger partial charge in [0, 0.05) is 23.2 Å². The fourth-order valence-corrected chi connectivity index (χ4v) is 2.09. The van der Waals surface area contributed by atoms with Crippen molar-refractivity contribution in [3.05, 3.63) is 62.6 Å². The first-order valence-corrected chi connectivity index (χ1v) is 8.13. The maximum Gasteiger partial charge on any atom is 0.276 e. The third kappa shape index (κ3) is 6.65. The molecule has 27 heavy (non-hydrogen) atoms. The zero-order chi connectivity index (χ0) is 19.8. The Morgan fingerprint density at radius 3 is 2.15 bits per heavy atom. The highest BCUT2D eigenvalue weighted by Crippen LogP contribution is 2.27. The molecule has 0 radical (unpaired) electrons. The summed E-state index contributed by atoms with van der Waals surface area (Å²) < 4.78 is 10.3. The maximum absolute atomic E-state index is 11.7. The SMILES string of the molecule is O=C(COc1ccc([N+](=O)[O-])cc1)NNC(=O)COc1cc(Cl)ccc1Cl. The van der Waals surface area contributed by atoms with Gasteiger partial charge in [0.1, 0.15) is 11.5 Å². The van der Waals surface area contributed by atoms with Gasteiger partial charge in [-0.2, -0.15) is 0 Å². The van der Waals surface area contributed by atoms with E-state index in [-0.39, 0.29) is 22.2 Å². The average Bonchev–Trinajstić information content (AvgIpc) is 2.65. The van der Waals surface area contributed by atoms with Crippen molar-refractivity contribution in [1.82, 2.24) is 10.9 Å². The van der Waals surface area contributed by atoms with E-state index in [2.05, 4.69) is 10.9 Å². The van der Waals surface area contributed by atoms with E-state index in [0.717, 1.165) is 0 Å². The highest BCUT2D eigenvalue weighted by atomic mass is 35.5. The van der Waals surface area contributed by atoms with Crippen LogP contribution in [0.3, 0.4) is 0 Å². The lowest BCUT2D eigenvalue weighted by Gasteiger charge is -2.10. The largest absolute Gasteiger partial charge is 0.484 e. The van der Waals surface area contributed by atoms with Crippen LogP contribution in [-0.2, 0) is 9.59 Å². The van der Waals surface area contributed by atoms with Gasteiger partial charge < -0.3 is 9.47 Å². The van der Waals surface area contributed by atoms with Gasteiger partial charge in [-0.25, -0.2) is 0 Å². The molecule has 0 fully saturated rings. The Morgan fingerprint density at radius 2 is 1.56 bits per heavy atom. The number of ether oxygens (including phenoxy) is 2. The van der Waals surface area contributed by atoms with Crippen LogP contribution in [0.5, 0.6) is 11.5 Å². The Hall–Kier alpha value is -3.04. The van der Waals surface area contributed by atoms with Crippen molar-refractivity contribution in [1.29, 1.82) is 0 Å². The molecular weight excluding hydrogens is 401 g/mol. The normalized spacial score (nSPS) is 10.0. The van der Waals surface area contributed by atoms with Crippen LogP contribution in [-0.4, -0.2) is 30.0 Å². The van der Waals surface area contributed by atoms with Crippen molar-refractivity contribution in [2.24, 2.45) is 0 Å². The number of hydrogen-bond donors (Lipinski definition) is 2. The molecule has 2 aromatic carbocycles. The molecule has 0 aliphatic rings. The van der Waals surface area contributed by atoms with Crippen LogP contribution in [0.4, 0.5) is 5.69 Å². The zero-order valence-electron chi connectivity index (χ0n) is 13.6. The summed E-state index contributed by atoms with van der Waals surface area (Å²) in [5.41, 5.74) is 4.17. The second-order valence-corrected chi connectivity index (χ2v) is 5.84. The minimum atomic E-state index is -0.637. The smallest absolute Gasteiger partial charge is 0.276 e. The van der Waals surface area contributed by atoms with Gasteiger partial charge in [0.2, 0.25) is 0 Å². The predicted molar refractivity (Wildman–Crippen MR) is 96.8 cm³/mol. The topological polar surface area (TPSA) is 120 Å². The summed E-state index contributed by atoms with van der Waals surface area (Å²) in [6.07, 6.45) is 0. The van der Waals surface area contributed by atoms with Crippen molar-refractivity contribution < 1.29 is 24.0 Å². The molecule has 9 nitrogen and oxygen atoms in total. The Kier molecular flexibility index (Phi) is 7.21. The van der Waals surface area contributed by atoms with E-state index in [1.807, 2.05) is 0 Å². The molecule has 2 aromatic rings. The van der Waals surface area contributed by atoms with Crippen molar-refractivity contribution in [3.8, 4) is 11.5 Å². The lowest BCUT2D eigenvalue weighted by Crippen LogP contribution is -2.45. The summed E-state index contributed by atoms with van der Waals surface area (Å²) in [6.45, 7) is -0.803. The monoisotopic (exact) mass is 413 g/mol. The van der Waals surface area contributed by atoms with Crippen LogP contribution in [0.1, 0.15) is 0 Å². The van der Waals surface area contributed by atoms with Crippen molar-refractivity contribution >= 4 is 40.7 Å². The summed E-state index contributed by atoms with van der Waals surface area (Å²) in [4.78, 5) is 33.3. The quantitative estimate of drug-likeness (QED) is 0.531. The average molecular weight is 414 g/mol. The van der Waals surface area contributed by atoms with E-state index in [9.17, 15) is 19.7 Å². The number of carbonyl (C=O) groups excluding carboxylic acids is 2. The van der Waals surface area contributed by atoms with Crippen LogP contribution in [0.2, 0.25) is 10.0 Å². The molecule has 2 amide bonds. The zero-order valence-corrected chi connectivity index (χ0v) is 15.1. The van der Waals surface area contributed by atoms with Crippen LogP contribution >= 0.6 is 23.2 Å². The van der Waals surface area contributed by atoms with Crippen LogP contribution in [0.15, 0.2) is 42.5 Å². The summed E-state index contributed by atoms with van der Waals surface area (Å²) in [6, 6.07) is 9.74. The number of amides is 2. The molecule has 0 unspecified atom stereocenters. The minimum Gasteiger partial charge on any atom is -0.484 e. The number of rotatable bonds is 7. The van der Waals surface area contributed by atoms with Crippen LogP contribution in [0.25, 0.3) is 0 Å². The number of non-ortho nitro benzene ring substituents is 1. The minimum absolute atomic E-state index is 0.0983. The van der Waals surface area contributed by atoms with E-state index >= 15 is 0 Å². The fourth-order valence-electron chi connectivity index (χ4n) is 1.76. The molecule has 0 saturated heterocycles. The summed E-state index contributed by atoms with van der Waals surface area (Å²) in [7, 11) is 0. The highest BCUT2D eigenvalue weighted by molar-refractivity contribution is 6.34. The summed E-state index contributed by atoms with van der Waals surface area (Å²) >= 11 is 11.7. The first kappa shape index (κ1) is 20.3. The summed E-state index contributed by atoms with van der Waals surface area (Å²) in [5.74, 6) is -0.773. The second-order valence-electron chi connectivity index (χ2n) is 5.00. The summed E-state index contributed by atoms with van der Waals surface area (Å²) in [5, 5.41) is 11.2. The molecule has 11 heteroatoms. The van der Waals surface area contributed by atoms with Crippen molar-refractivity contribution in [3.63, 3.8) is 0 Å². The molecule has 2 rings (SSSR count). The van der Waals surface area contributed by atoms with Gasteiger partial charge in [-0.1, -0.05) is 23.2 Å². The van der Waals surface area contributed by atoms with Crippen molar-refractivity contribution in [2.75, 3.05) is 13.2 Å². The Bertz CT molecular complexity index is 845. The van der Waals surface area contributed by atoms with Gasteiger partial charge in [0.15, 0.2) is 13.2 Å². The Labute approximate surface area is 163 Å². The number of hydrazine groups is 1. The van der Waals surface area contributed by atoms with E-state index in [4.69, 9.17) is 32.7 Å². The number of halogens is 2. The molecule has 0 bridgehead atoms. The highest BCUT2D eigenvalue weighted by Gasteiger charge is 2.09. The van der Waals surface area contributed by atoms with Gasteiger partial charge in [-0.15, -0.1) is 0 Å². The predicted octanol–water partition coefficient (Wildman–Crippen LogP) is 2.51. The molecule has 0 spiro atoms. The molecule has 142 valence electrons. The van der Waals surface area contributed by atoms with Gasteiger partial charge in [-0.3, -0.25) is 30.6 Å². The first-order chi connectivity index (χ1) is 12.8. The molecule has 0 aliphatic carbocycles. The number of hydrogen-bond acceptors (Lipinski definition) is 6. The Morgan fingerprint density at radius 1 is 0.963 bits per heavy atom. The number of nitrogens with one attached hydrogen (secondary N) is 2. The van der Waals surface area contributed by atoms with E-state index < -0.39 is 30.0 Å². The van der Waals surface area contributed by atoms with Crippen LogP contribution in [0, 0.1) is 10.1 Å². The van der Waals surface area contributed by atoms with E-state index in [0.29, 0.717) is 5.02 Å². The fraction of sp³-hybridized carbons (Fsp3) is 0.125. The van der Waals surface area contributed by atoms with Gasteiger partial charge in [0.05, 0.1) is 9.95 Å². The van der Waals surface area contributed by atoms with E-state index in [1.54, 1.807) is 6.07 Å². The molecule has 2 N–H and O–H groups in total. The maximum atomic E-state index is 11.7. The third-order valence-corrected chi connectivity index (χ3v) is 3.56. The molecule has 0 aliphatic heterocycles. The standard InChI is InChI=1S/C16H13Cl2N3O6/c17-10-1-6-13(18)14(7-10)27-9-16(23)20-19-15(22)8-26-12-4-2-11(3-5-12)21(24)25/h1-7H,8-9H2,(H,19,22)(H,20,23). The molecular formula is C16H13Cl2N3O6. The number of nitro groups is 1. The molecule has 0 heterocycles. The second kappa shape index (κ2) is 9.60. The number of carbonyl (C=O) groups is 2. The first-order valence-electron chi connectivity index (χ1n) is 7.38. The number of nitrogens with zero attached hydrogens (tertiary/aromatic N) is 1. The molecule has 0 aromatic heterocycles. The molecule has 0 saturated carbocycles. The number of nitro benzene ring substituents is 1. The van der Waals surface area contributed by atoms with Gasteiger partial charge >= 0.3 is 0 Å². The lowest BCUT2D eigenvalue weighted by atomic mass is 10.3. The van der Waals surface area contributed by atoms with Crippen molar-refractivity contribution in [2.45, 2.75) is 0 Å². The Balaban J connectivity index is 1.70. The molecule has 0 atom stereocenters. The lowest BCUT2D eigenvalue weighted by molar-refractivity contribution is -0.384. The van der Waals surface area contributed by atoms with Gasteiger partial charge in [0.25, 0.3) is 17.5 Å².